The van der Waals surface area contributed by atoms with Crippen molar-refractivity contribution in [3.8, 4) is 0 Å². The normalized spacial score (nSPS) is 31.1. The average Bonchev–Trinajstić information content (AvgIpc) is 2.10. The minimum atomic E-state index is -1.18. The molecule has 1 saturated heterocycles. The summed E-state index contributed by atoms with van der Waals surface area (Å²) >= 11 is 0. The van der Waals surface area contributed by atoms with Gasteiger partial charge in [-0.15, -0.1) is 0 Å². The summed E-state index contributed by atoms with van der Waals surface area (Å²) in [5, 5.41) is 0. The first kappa shape index (κ1) is 5.56. The topological polar surface area (TPSA) is 12.5 Å². The lowest BCUT2D eigenvalue weighted by atomic mass is 10.3. The molecule has 0 aromatic heterocycles. The Morgan fingerprint density at radius 2 is 2.20 bits per heavy atom. The van der Waals surface area contributed by atoms with Gasteiger partial charge < -0.3 is 4.74 Å². The minimum absolute atomic E-state index is 0.232. The molecule has 1 heterocycles. The minimum Gasteiger partial charge on any atom is -0.380 e. The number of ether oxygens (including phenoxy) is 1. The maximum absolute atomic E-state index is 7.59. The van der Waals surface area contributed by atoms with Crippen molar-refractivity contribution in [3.63, 3.8) is 0 Å². The van der Waals surface area contributed by atoms with Gasteiger partial charge >= 0.3 is 0 Å². The summed E-state index contributed by atoms with van der Waals surface area (Å²) in [6.45, 7) is 6.39. The quantitative estimate of drug-likeness (QED) is 0.548. The average molecular weight is 145 g/mol. The predicted molar refractivity (Wildman–Crippen MR) is 42.1 cm³/mol. The molecule has 0 spiro atoms. The lowest BCUT2D eigenvalue weighted by molar-refractivity contribution is 0.136. The van der Waals surface area contributed by atoms with Crippen molar-refractivity contribution >= 4 is 0 Å². The highest BCUT2D eigenvalue weighted by molar-refractivity contribution is 4.64. The second kappa shape index (κ2) is 3.94. The van der Waals surface area contributed by atoms with Gasteiger partial charge in [-0.25, -0.2) is 0 Å². The molecule has 1 aliphatic rings. The molecule has 0 atom stereocenters. The second-order valence-electron chi connectivity index (χ2n) is 2.87. The van der Waals surface area contributed by atoms with Crippen molar-refractivity contribution in [1.82, 2.24) is 4.90 Å². The van der Waals surface area contributed by atoms with Crippen LogP contribution in [0.3, 0.4) is 0 Å². The molecule has 1 rings (SSSR count). The monoisotopic (exact) mass is 145 g/mol. The van der Waals surface area contributed by atoms with Gasteiger partial charge in [-0.3, -0.25) is 4.90 Å². The zero-order valence-electron chi connectivity index (χ0n) is 8.76. The van der Waals surface area contributed by atoms with Crippen LogP contribution >= 0.6 is 0 Å². The van der Waals surface area contributed by atoms with Crippen LogP contribution in [0.25, 0.3) is 0 Å². The summed E-state index contributed by atoms with van der Waals surface area (Å²) in [4.78, 5) is 2.12. The highest BCUT2D eigenvalue weighted by Gasteiger charge is 2.10. The number of rotatable bonds is 1. The third-order valence-corrected chi connectivity index (χ3v) is 1.77. The third-order valence-electron chi connectivity index (χ3n) is 1.77. The fourth-order valence-corrected chi connectivity index (χ4v) is 1.04. The van der Waals surface area contributed by atoms with E-state index in [0.29, 0.717) is 19.2 Å². The Hall–Kier alpha value is -0.0800. The lowest BCUT2D eigenvalue weighted by Crippen LogP contribution is -2.32. The molecule has 0 aromatic rings. The molecule has 2 nitrogen and oxygen atoms in total. The molecule has 0 amide bonds. The van der Waals surface area contributed by atoms with Gasteiger partial charge in [0.2, 0.25) is 0 Å². The zero-order valence-corrected chi connectivity index (χ0v) is 6.76. The first-order valence-corrected chi connectivity index (χ1v) is 3.83. The molecule has 2 heteroatoms. The fraction of sp³-hybridized carbons (Fsp3) is 1.00. The Bertz CT molecular complexity index is 150. The van der Waals surface area contributed by atoms with E-state index in [1.165, 1.54) is 0 Å². The molecule has 0 N–H and O–H groups in total. The van der Waals surface area contributed by atoms with Crippen LogP contribution in [0, 0.1) is 0 Å². The zero-order chi connectivity index (χ0) is 9.19. The van der Waals surface area contributed by atoms with Gasteiger partial charge in [-0.2, -0.15) is 0 Å². The van der Waals surface area contributed by atoms with Crippen LogP contribution in [0.2, 0.25) is 0 Å². The van der Waals surface area contributed by atoms with E-state index in [1.807, 2.05) is 0 Å². The van der Waals surface area contributed by atoms with Crippen LogP contribution < -0.4 is 0 Å². The van der Waals surface area contributed by atoms with Crippen molar-refractivity contribution in [2.75, 3.05) is 26.3 Å². The SMILES string of the molecule is [2H]C1([2H])COCCN(C(C)C)C1. The van der Waals surface area contributed by atoms with Crippen molar-refractivity contribution < 1.29 is 7.48 Å². The Kier molecular flexibility index (Phi) is 2.19. The lowest BCUT2D eigenvalue weighted by Gasteiger charge is -2.23. The van der Waals surface area contributed by atoms with Crippen LogP contribution in [0.4, 0.5) is 0 Å². The maximum Gasteiger partial charge on any atom is 0.0593 e. The van der Waals surface area contributed by atoms with E-state index < -0.39 is 6.37 Å². The predicted octanol–water partition coefficient (Wildman–Crippen LogP) is 1.12. The van der Waals surface area contributed by atoms with Crippen LogP contribution in [0.15, 0.2) is 0 Å². The van der Waals surface area contributed by atoms with Crippen molar-refractivity contribution in [2.24, 2.45) is 0 Å². The Balaban J connectivity index is 2.54. The van der Waals surface area contributed by atoms with Crippen LogP contribution in [0.1, 0.15) is 23.0 Å². The Morgan fingerprint density at radius 1 is 1.40 bits per heavy atom. The Labute approximate surface area is 66.0 Å². The third kappa shape index (κ3) is 2.27. The first-order valence-electron chi connectivity index (χ1n) is 4.83. The molecule has 0 aromatic carbocycles. The highest BCUT2D eigenvalue weighted by atomic mass is 16.5. The molecular weight excluding hydrogens is 126 g/mol. The Morgan fingerprint density at radius 3 is 2.90 bits per heavy atom. The van der Waals surface area contributed by atoms with E-state index in [-0.39, 0.29) is 6.61 Å². The molecular formula is C8H17NO. The van der Waals surface area contributed by atoms with Crippen LogP contribution in [0.5, 0.6) is 0 Å². The number of nitrogens with zero attached hydrogens (tertiary/aromatic N) is 1. The standard InChI is InChI=1S/C8H17NO/c1-8(2)9-4-3-6-10-7-5-9/h8H,3-7H2,1-2H3/i3D2. The largest absolute Gasteiger partial charge is 0.380 e. The van der Waals surface area contributed by atoms with E-state index in [9.17, 15) is 0 Å². The summed E-state index contributed by atoms with van der Waals surface area (Å²) < 4.78 is 20.4. The molecule has 0 saturated carbocycles. The van der Waals surface area contributed by atoms with Gasteiger partial charge in [0.15, 0.2) is 0 Å². The van der Waals surface area contributed by atoms with E-state index in [1.54, 1.807) is 0 Å². The molecule has 0 aliphatic carbocycles. The number of hydrogen-bond donors (Lipinski definition) is 0. The van der Waals surface area contributed by atoms with Gasteiger partial charge in [0, 0.05) is 28.5 Å². The smallest absolute Gasteiger partial charge is 0.0593 e. The highest BCUT2D eigenvalue weighted by Crippen LogP contribution is 2.02. The van der Waals surface area contributed by atoms with Crippen molar-refractivity contribution in [1.29, 1.82) is 0 Å². The molecule has 60 valence electrons. The summed E-state index contributed by atoms with van der Waals surface area (Å²) in [5.41, 5.74) is 0. The molecule has 0 unspecified atom stereocenters. The van der Waals surface area contributed by atoms with Crippen molar-refractivity contribution in [3.05, 3.63) is 0 Å². The summed E-state index contributed by atoms with van der Waals surface area (Å²) in [6.07, 6.45) is -1.18. The second-order valence-corrected chi connectivity index (χ2v) is 2.87. The van der Waals surface area contributed by atoms with Gasteiger partial charge in [-0.05, 0) is 20.2 Å². The maximum atomic E-state index is 7.59. The van der Waals surface area contributed by atoms with E-state index in [4.69, 9.17) is 7.48 Å². The van der Waals surface area contributed by atoms with E-state index >= 15 is 0 Å². The molecule has 0 bridgehead atoms. The summed E-state index contributed by atoms with van der Waals surface area (Å²) in [5.74, 6) is 0. The number of hydrogen-bond acceptors (Lipinski definition) is 2. The summed E-state index contributed by atoms with van der Waals surface area (Å²) in [6, 6.07) is 0.404. The van der Waals surface area contributed by atoms with Crippen LogP contribution in [-0.2, 0) is 4.74 Å². The molecule has 0 radical (unpaired) electrons. The first-order chi connectivity index (χ1) is 5.51. The van der Waals surface area contributed by atoms with Gasteiger partial charge in [-0.1, -0.05) is 0 Å². The fourth-order valence-electron chi connectivity index (χ4n) is 1.04. The van der Waals surface area contributed by atoms with Gasteiger partial charge in [0.25, 0.3) is 0 Å². The van der Waals surface area contributed by atoms with Crippen molar-refractivity contribution in [2.45, 2.75) is 26.3 Å². The van der Waals surface area contributed by atoms with Crippen LogP contribution in [-0.4, -0.2) is 37.2 Å². The van der Waals surface area contributed by atoms with Gasteiger partial charge in [0.05, 0.1) is 6.61 Å². The summed E-state index contributed by atoms with van der Waals surface area (Å²) in [7, 11) is 0. The molecule has 10 heavy (non-hydrogen) atoms. The molecule has 1 fully saturated rings. The van der Waals surface area contributed by atoms with E-state index in [2.05, 4.69) is 18.7 Å². The van der Waals surface area contributed by atoms with Gasteiger partial charge in [0.1, 0.15) is 0 Å². The molecule has 1 aliphatic heterocycles. The van der Waals surface area contributed by atoms with E-state index in [0.717, 1.165) is 6.54 Å².